The molecule has 16 heavy (non-hydrogen) atoms. The molecule has 0 atom stereocenters. The summed E-state index contributed by atoms with van der Waals surface area (Å²) in [6.07, 6.45) is 8.08. The fraction of sp³-hybridized carbons (Fsp3) is 0.625. The van der Waals surface area contributed by atoms with Crippen LogP contribution >= 0.6 is 0 Å². The van der Waals surface area contributed by atoms with Crippen LogP contribution in [0.2, 0.25) is 0 Å². The van der Waals surface area contributed by atoms with Crippen LogP contribution in [0.5, 0.6) is 0 Å². The van der Waals surface area contributed by atoms with Crippen molar-refractivity contribution in [3.05, 3.63) is 35.4 Å². The first-order valence-corrected chi connectivity index (χ1v) is 6.85. The van der Waals surface area contributed by atoms with Crippen LogP contribution in [-0.4, -0.2) is 0 Å². The first-order valence-electron chi connectivity index (χ1n) is 6.85. The maximum absolute atomic E-state index is 2.32. The van der Waals surface area contributed by atoms with Gasteiger partial charge < -0.3 is 0 Å². The van der Waals surface area contributed by atoms with Gasteiger partial charge in [-0.05, 0) is 36.8 Å². The average Bonchev–Trinajstić information content (AvgIpc) is 2.31. The second-order valence-corrected chi connectivity index (χ2v) is 4.84. The van der Waals surface area contributed by atoms with E-state index in [0.29, 0.717) is 0 Å². The fourth-order valence-electron chi connectivity index (χ4n) is 2.40. The van der Waals surface area contributed by atoms with E-state index < -0.39 is 0 Å². The maximum atomic E-state index is 2.32. The third kappa shape index (κ3) is 4.00. The molecule has 0 heterocycles. The Hall–Kier alpha value is -0.780. The molecule has 0 amide bonds. The monoisotopic (exact) mass is 218 g/mol. The van der Waals surface area contributed by atoms with Crippen LogP contribution in [-0.2, 0) is 0 Å². The normalized spacial score (nSPS) is 11.0. The Kier molecular flexibility index (Phi) is 6.22. The Labute approximate surface area is 101 Å². The van der Waals surface area contributed by atoms with Gasteiger partial charge in [0.1, 0.15) is 0 Å². The molecule has 0 aromatic heterocycles. The summed E-state index contributed by atoms with van der Waals surface area (Å²) in [7, 11) is 0. The zero-order valence-electron chi connectivity index (χ0n) is 11.1. The number of hydrogen-bond acceptors (Lipinski definition) is 0. The highest BCUT2D eigenvalue weighted by atomic mass is 14.2. The molecule has 0 N–H and O–H groups in total. The van der Waals surface area contributed by atoms with E-state index in [2.05, 4.69) is 45.0 Å². The Bertz CT molecular complexity index is 280. The van der Waals surface area contributed by atoms with Gasteiger partial charge in [0, 0.05) is 0 Å². The summed E-state index contributed by atoms with van der Waals surface area (Å²) in [5.41, 5.74) is 3.06. The molecule has 0 nitrogen and oxygen atoms in total. The zero-order valence-corrected chi connectivity index (χ0v) is 11.1. The van der Waals surface area contributed by atoms with Crippen molar-refractivity contribution < 1.29 is 0 Å². The molecule has 0 bridgehead atoms. The topological polar surface area (TPSA) is 0 Å². The quantitative estimate of drug-likeness (QED) is 0.570. The van der Waals surface area contributed by atoms with Crippen LogP contribution in [0.1, 0.15) is 69.4 Å². The van der Waals surface area contributed by atoms with Crippen molar-refractivity contribution in [2.24, 2.45) is 0 Å². The van der Waals surface area contributed by atoms with Crippen molar-refractivity contribution in [1.29, 1.82) is 0 Å². The van der Waals surface area contributed by atoms with Crippen LogP contribution < -0.4 is 0 Å². The molecule has 0 fully saturated rings. The number of rotatable bonds is 7. The molecule has 1 rings (SSSR count). The van der Waals surface area contributed by atoms with Crippen molar-refractivity contribution in [2.45, 2.75) is 65.2 Å². The SMILES string of the molecule is CCCCC(CCCC)c1ccccc1C. The number of unbranched alkanes of at least 4 members (excludes halogenated alkanes) is 2. The second kappa shape index (κ2) is 7.49. The third-order valence-corrected chi connectivity index (χ3v) is 3.44. The summed E-state index contributed by atoms with van der Waals surface area (Å²) in [4.78, 5) is 0. The van der Waals surface area contributed by atoms with Gasteiger partial charge in [0.15, 0.2) is 0 Å². The molecule has 0 aliphatic heterocycles. The van der Waals surface area contributed by atoms with Gasteiger partial charge in [0.25, 0.3) is 0 Å². The van der Waals surface area contributed by atoms with Gasteiger partial charge in [-0.3, -0.25) is 0 Å². The highest BCUT2D eigenvalue weighted by Crippen LogP contribution is 2.29. The van der Waals surface area contributed by atoms with Crippen molar-refractivity contribution in [1.82, 2.24) is 0 Å². The Morgan fingerprint density at radius 3 is 2.00 bits per heavy atom. The van der Waals surface area contributed by atoms with E-state index in [0.717, 1.165) is 5.92 Å². The van der Waals surface area contributed by atoms with Gasteiger partial charge in [-0.25, -0.2) is 0 Å². The van der Waals surface area contributed by atoms with Crippen LogP contribution in [0.25, 0.3) is 0 Å². The minimum Gasteiger partial charge on any atom is -0.0654 e. The van der Waals surface area contributed by atoms with E-state index in [1.54, 1.807) is 5.56 Å². The molecule has 0 aliphatic rings. The van der Waals surface area contributed by atoms with Gasteiger partial charge in [-0.2, -0.15) is 0 Å². The molecule has 0 aliphatic carbocycles. The highest BCUT2D eigenvalue weighted by molar-refractivity contribution is 5.29. The van der Waals surface area contributed by atoms with E-state index >= 15 is 0 Å². The lowest BCUT2D eigenvalue weighted by Crippen LogP contribution is -2.01. The Balaban J connectivity index is 2.70. The molecule has 90 valence electrons. The van der Waals surface area contributed by atoms with Crippen LogP contribution in [0.3, 0.4) is 0 Å². The molecule has 1 aromatic rings. The van der Waals surface area contributed by atoms with Crippen molar-refractivity contribution in [2.75, 3.05) is 0 Å². The predicted molar refractivity (Wildman–Crippen MR) is 73.0 cm³/mol. The summed E-state index contributed by atoms with van der Waals surface area (Å²) in [6.45, 7) is 6.82. The smallest absolute Gasteiger partial charge is 0.0159 e. The van der Waals surface area contributed by atoms with Gasteiger partial charge in [0.2, 0.25) is 0 Å². The van der Waals surface area contributed by atoms with Gasteiger partial charge in [-0.1, -0.05) is 63.8 Å². The third-order valence-electron chi connectivity index (χ3n) is 3.44. The second-order valence-electron chi connectivity index (χ2n) is 4.84. The molecular weight excluding hydrogens is 192 g/mol. The molecule has 1 aromatic carbocycles. The van der Waals surface area contributed by atoms with E-state index in [-0.39, 0.29) is 0 Å². The highest BCUT2D eigenvalue weighted by Gasteiger charge is 2.12. The number of aryl methyl sites for hydroxylation is 1. The van der Waals surface area contributed by atoms with Gasteiger partial charge in [0.05, 0.1) is 0 Å². The number of benzene rings is 1. The lowest BCUT2D eigenvalue weighted by molar-refractivity contribution is 0.523. The molecular formula is C16H26. The zero-order chi connectivity index (χ0) is 11.8. The molecule has 0 saturated heterocycles. The largest absolute Gasteiger partial charge is 0.0654 e. The summed E-state index contributed by atoms with van der Waals surface area (Å²) in [5, 5.41) is 0. The van der Waals surface area contributed by atoms with E-state index in [4.69, 9.17) is 0 Å². The number of hydrogen-bond donors (Lipinski definition) is 0. The summed E-state index contributed by atoms with van der Waals surface area (Å²) < 4.78 is 0. The Morgan fingerprint density at radius 2 is 1.50 bits per heavy atom. The van der Waals surface area contributed by atoms with Gasteiger partial charge >= 0.3 is 0 Å². The van der Waals surface area contributed by atoms with E-state index in [1.165, 1.54) is 44.1 Å². The first-order chi connectivity index (χ1) is 7.79. The summed E-state index contributed by atoms with van der Waals surface area (Å²) in [5.74, 6) is 0.793. The summed E-state index contributed by atoms with van der Waals surface area (Å²) >= 11 is 0. The van der Waals surface area contributed by atoms with Crippen LogP contribution in [0.4, 0.5) is 0 Å². The molecule has 0 heteroatoms. The standard InChI is InChI=1S/C16H26/c1-4-6-11-15(12-7-5-2)16-13-9-8-10-14(16)3/h8-10,13,15H,4-7,11-12H2,1-3H3. The first kappa shape index (κ1) is 13.3. The minimum atomic E-state index is 0.793. The molecule has 0 unspecified atom stereocenters. The maximum Gasteiger partial charge on any atom is -0.0159 e. The average molecular weight is 218 g/mol. The van der Waals surface area contributed by atoms with Gasteiger partial charge in [-0.15, -0.1) is 0 Å². The molecule has 0 saturated carbocycles. The van der Waals surface area contributed by atoms with Crippen LogP contribution in [0.15, 0.2) is 24.3 Å². The van der Waals surface area contributed by atoms with Crippen molar-refractivity contribution in [3.63, 3.8) is 0 Å². The summed E-state index contributed by atoms with van der Waals surface area (Å²) in [6, 6.07) is 8.91. The van der Waals surface area contributed by atoms with E-state index in [9.17, 15) is 0 Å². The fourth-order valence-corrected chi connectivity index (χ4v) is 2.40. The lowest BCUT2D eigenvalue weighted by Gasteiger charge is -2.19. The Morgan fingerprint density at radius 1 is 0.938 bits per heavy atom. The van der Waals surface area contributed by atoms with E-state index in [1.807, 2.05) is 0 Å². The van der Waals surface area contributed by atoms with Crippen molar-refractivity contribution in [3.8, 4) is 0 Å². The van der Waals surface area contributed by atoms with Crippen molar-refractivity contribution >= 4 is 0 Å². The molecule has 0 radical (unpaired) electrons. The lowest BCUT2D eigenvalue weighted by atomic mass is 9.86. The van der Waals surface area contributed by atoms with Crippen LogP contribution in [0, 0.1) is 6.92 Å². The molecule has 0 spiro atoms. The predicted octanol–water partition coefficient (Wildman–Crippen LogP) is 5.46. The minimum absolute atomic E-state index is 0.793.